The summed E-state index contributed by atoms with van der Waals surface area (Å²) in [5.74, 6) is -0.580. The van der Waals surface area contributed by atoms with E-state index in [1.807, 2.05) is 25.1 Å². The van der Waals surface area contributed by atoms with Gasteiger partial charge >= 0.3 is 0 Å². The van der Waals surface area contributed by atoms with Crippen molar-refractivity contribution in [2.24, 2.45) is 0 Å². The molecule has 0 aliphatic carbocycles. The molecule has 3 N–H and O–H groups in total. The molecule has 110 valence electrons. The molecule has 21 heavy (non-hydrogen) atoms. The van der Waals surface area contributed by atoms with Crippen LogP contribution < -0.4 is 11.1 Å². The van der Waals surface area contributed by atoms with Crippen LogP contribution in [-0.4, -0.2) is 11.7 Å². The van der Waals surface area contributed by atoms with Crippen molar-refractivity contribution in [3.63, 3.8) is 0 Å². The van der Waals surface area contributed by atoms with Crippen molar-refractivity contribution in [3.05, 3.63) is 52.3 Å². The van der Waals surface area contributed by atoms with Crippen molar-refractivity contribution >= 4 is 45.0 Å². The fourth-order valence-electron chi connectivity index (χ4n) is 1.70. The van der Waals surface area contributed by atoms with Crippen molar-refractivity contribution in [3.8, 4) is 0 Å². The number of hydrogen-bond acceptors (Lipinski definition) is 3. The summed E-state index contributed by atoms with van der Waals surface area (Å²) in [6, 6.07) is 10.2. The van der Waals surface area contributed by atoms with Crippen LogP contribution in [0, 0.1) is 12.7 Å². The second-order valence-electron chi connectivity index (χ2n) is 4.45. The molecule has 2 aromatic rings. The van der Waals surface area contributed by atoms with Crippen molar-refractivity contribution in [1.29, 1.82) is 0 Å². The molecule has 0 atom stereocenters. The summed E-state index contributed by atoms with van der Waals surface area (Å²) in [6.45, 7) is 1.91. The van der Waals surface area contributed by atoms with Crippen molar-refractivity contribution in [1.82, 2.24) is 0 Å². The highest BCUT2D eigenvalue weighted by molar-refractivity contribution is 9.10. The number of nitrogens with two attached hydrogens (primary N) is 1. The van der Waals surface area contributed by atoms with Gasteiger partial charge in [-0.3, -0.25) is 4.79 Å². The molecule has 0 aliphatic heterocycles. The van der Waals surface area contributed by atoms with E-state index in [2.05, 4.69) is 21.2 Å². The SMILES string of the molecule is Cc1cccc(SCC(=O)Nc2ccc(Br)cc2F)c1N. The summed E-state index contributed by atoms with van der Waals surface area (Å²) in [6.07, 6.45) is 0. The van der Waals surface area contributed by atoms with Gasteiger partial charge in [0.1, 0.15) is 5.82 Å². The third-order valence-corrected chi connectivity index (χ3v) is 4.41. The number of rotatable bonds is 4. The Bertz CT molecular complexity index is 679. The highest BCUT2D eigenvalue weighted by atomic mass is 79.9. The molecule has 3 nitrogen and oxygen atoms in total. The minimum atomic E-state index is -0.474. The van der Waals surface area contributed by atoms with Crippen LogP contribution in [0.1, 0.15) is 5.56 Å². The Hall–Kier alpha value is -1.53. The molecule has 0 bridgehead atoms. The number of nitrogens with one attached hydrogen (secondary N) is 1. The Morgan fingerprint density at radius 1 is 1.38 bits per heavy atom. The van der Waals surface area contributed by atoms with E-state index in [0.717, 1.165) is 10.5 Å². The number of thioether (sulfide) groups is 1. The average Bonchev–Trinajstić information content (AvgIpc) is 2.43. The minimum Gasteiger partial charge on any atom is -0.398 e. The maximum Gasteiger partial charge on any atom is 0.234 e. The van der Waals surface area contributed by atoms with Crippen LogP contribution in [0.5, 0.6) is 0 Å². The molecule has 0 heterocycles. The van der Waals surface area contributed by atoms with E-state index in [9.17, 15) is 9.18 Å². The smallest absolute Gasteiger partial charge is 0.234 e. The Balaban J connectivity index is 1.97. The molecule has 2 rings (SSSR count). The Morgan fingerprint density at radius 2 is 2.14 bits per heavy atom. The van der Waals surface area contributed by atoms with E-state index in [1.54, 1.807) is 6.07 Å². The molecule has 0 aromatic heterocycles. The number of para-hydroxylation sites is 1. The average molecular weight is 369 g/mol. The molecular weight excluding hydrogens is 355 g/mol. The summed E-state index contributed by atoms with van der Waals surface area (Å²) in [7, 11) is 0. The number of anilines is 2. The zero-order valence-electron chi connectivity index (χ0n) is 11.3. The van der Waals surface area contributed by atoms with Gasteiger partial charge in [0, 0.05) is 15.1 Å². The Labute approximate surface area is 135 Å². The minimum absolute atomic E-state index is 0.168. The lowest BCUT2D eigenvalue weighted by Crippen LogP contribution is -2.15. The number of benzene rings is 2. The fraction of sp³-hybridized carbons (Fsp3) is 0.133. The maximum absolute atomic E-state index is 13.6. The first-order valence-corrected chi connectivity index (χ1v) is 7.98. The van der Waals surface area contributed by atoms with Crippen LogP contribution in [-0.2, 0) is 4.79 Å². The van der Waals surface area contributed by atoms with Gasteiger partial charge in [-0.2, -0.15) is 0 Å². The van der Waals surface area contributed by atoms with Crippen LogP contribution in [0.15, 0.2) is 45.8 Å². The highest BCUT2D eigenvalue weighted by Gasteiger charge is 2.09. The van der Waals surface area contributed by atoms with Crippen molar-refractivity contribution in [2.75, 3.05) is 16.8 Å². The maximum atomic E-state index is 13.6. The van der Waals surface area contributed by atoms with Gasteiger partial charge in [0.05, 0.1) is 11.4 Å². The van der Waals surface area contributed by atoms with Crippen LogP contribution >= 0.6 is 27.7 Å². The largest absolute Gasteiger partial charge is 0.398 e. The molecule has 0 radical (unpaired) electrons. The summed E-state index contributed by atoms with van der Waals surface area (Å²) in [5, 5.41) is 2.55. The lowest BCUT2D eigenvalue weighted by atomic mass is 10.2. The van der Waals surface area contributed by atoms with Crippen LogP contribution in [0.25, 0.3) is 0 Å². The number of carbonyl (C=O) groups excluding carboxylic acids is 1. The topological polar surface area (TPSA) is 55.1 Å². The van der Waals surface area contributed by atoms with Gasteiger partial charge in [-0.1, -0.05) is 28.1 Å². The number of amides is 1. The first-order valence-electron chi connectivity index (χ1n) is 6.20. The molecule has 0 fully saturated rings. The van der Waals surface area contributed by atoms with Gasteiger partial charge in [-0.05, 0) is 36.8 Å². The van der Waals surface area contributed by atoms with E-state index < -0.39 is 5.82 Å². The lowest BCUT2D eigenvalue weighted by Gasteiger charge is -2.09. The monoisotopic (exact) mass is 368 g/mol. The Kier molecular flexibility index (Phi) is 5.25. The van der Waals surface area contributed by atoms with Gasteiger partial charge in [-0.25, -0.2) is 4.39 Å². The van der Waals surface area contributed by atoms with Crippen LogP contribution in [0.2, 0.25) is 0 Å². The van der Waals surface area contributed by atoms with E-state index in [1.165, 1.54) is 23.9 Å². The predicted molar refractivity (Wildman–Crippen MR) is 89.0 cm³/mol. The zero-order chi connectivity index (χ0) is 15.4. The van der Waals surface area contributed by atoms with E-state index >= 15 is 0 Å². The first-order chi connectivity index (χ1) is 9.97. The molecule has 6 heteroatoms. The number of aryl methyl sites for hydroxylation is 1. The number of hydrogen-bond donors (Lipinski definition) is 2. The standard InChI is InChI=1S/C15H14BrFN2OS/c1-9-3-2-4-13(15(9)18)21-8-14(20)19-12-6-5-10(16)7-11(12)17/h2-7H,8,18H2,1H3,(H,19,20). The first kappa shape index (κ1) is 15.9. The second-order valence-corrected chi connectivity index (χ2v) is 6.38. The van der Waals surface area contributed by atoms with E-state index in [0.29, 0.717) is 10.2 Å². The highest BCUT2D eigenvalue weighted by Crippen LogP contribution is 2.27. The molecule has 0 unspecified atom stereocenters. The molecule has 0 saturated heterocycles. The van der Waals surface area contributed by atoms with Gasteiger partial charge in [0.15, 0.2) is 0 Å². The molecular formula is C15H14BrFN2OS. The van der Waals surface area contributed by atoms with Crippen LogP contribution in [0.4, 0.5) is 15.8 Å². The summed E-state index contributed by atoms with van der Waals surface area (Å²) in [5.41, 5.74) is 7.76. The molecule has 0 spiro atoms. The number of halogens is 2. The van der Waals surface area contributed by atoms with E-state index in [-0.39, 0.29) is 17.3 Å². The summed E-state index contributed by atoms with van der Waals surface area (Å²) >= 11 is 4.50. The second kappa shape index (κ2) is 6.95. The van der Waals surface area contributed by atoms with Crippen molar-refractivity contribution in [2.45, 2.75) is 11.8 Å². The molecule has 1 amide bonds. The molecule has 0 aliphatic rings. The predicted octanol–water partition coefficient (Wildman–Crippen LogP) is 4.21. The van der Waals surface area contributed by atoms with Gasteiger partial charge < -0.3 is 11.1 Å². The van der Waals surface area contributed by atoms with Crippen LogP contribution in [0.3, 0.4) is 0 Å². The van der Waals surface area contributed by atoms with Gasteiger partial charge in [0.2, 0.25) is 5.91 Å². The van der Waals surface area contributed by atoms with Gasteiger partial charge in [-0.15, -0.1) is 11.8 Å². The van der Waals surface area contributed by atoms with Gasteiger partial charge in [0.25, 0.3) is 0 Å². The number of nitrogen functional groups attached to an aromatic ring is 1. The summed E-state index contributed by atoms with van der Waals surface area (Å²) < 4.78 is 14.2. The lowest BCUT2D eigenvalue weighted by molar-refractivity contribution is -0.113. The Morgan fingerprint density at radius 3 is 2.86 bits per heavy atom. The third-order valence-electron chi connectivity index (χ3n) is 2.85. The summed E-state index contributed by atoms with van der Waals surface area (Å²) in [4.78, 5) is 12.7. The fourth-order valence-corrected chi connectivity index (χ4v) is 2.88. The molecule has 0 saturated carbocycles. The van der Waals surface area contributed by atoms with Crippen molar-refractivity contribution < 1.29 is 9.18 Å². The molecule has 2 aromatic carbocycles. The number of carbonyl (C=O) groups is 1. The normalized spacial score (nSPS) is 10.4. The zero-order valence-corrected chi connectivity index (χ0v) is 13.7. The van der Waals surface area contributed by atoms with E-state index in [4.69, 9.17) is 5.73 Å². The third kappa shape index (κ3) is 4.22. The quantitative estimate of drug-likeness (QED) is 0.627.